The highest BCUT2D eigenvalue weighted by Crippen LogP contribution is 2.30. The average molecular weight is 358 g/mol. The Bertz CT molecular complexity index is 868. The zero-order valence-electron chi connectivity index (χ0n) is 13.8. The molecule has 0 atom stereocenters. The first kappa shape index (κ1) is 16.7. The molecule has 0 radical (unpaired) electrons. The zero-order valence-corrected chi connectivity index (χ0v) is 15.4. The number of nitrogens with zero attached hydrogens (tertiary/aromatic N) is 1. The molecule has 24 heavy (non-hydrogen) atoms. The van der Waals surface area contributed by atoms with Crippen LogP contribution >= 0.6 is 22.7 Å². The Morgan fingerprint density at radius 3 is 2.79 bits per heavy atom. The summed E-state index contributed by atoms with van der Waals surface area (Å²) < 4.78 is 5.32. The number of anilines is 1. The van der Waals surface area contributed by atoms with Gasteiger partial charge in [0.25, 0.3) is 0 Å². The topological polar surface area (TPSA) is 51.2 Å². The number of rotatable bonds is 5. The number of hydrogen-bond donors (Lipinski definition) is 1. The van der Waals surface area contributed by atoms with E-state index in [4.69, 9.17) is 4.74 Å². The lowest BCUT2D eigenvalue weighted by Crippen LogP contribution is -2.14. The van der Waals surface area contributed by atoms with E-state index in [-0.39, 0.29) is 12.3 Å². The van der Waals surface area contributed by atoms with E-state index in [1.54, 1.807) is 18.4 Å². The van der Waals surface area contributed by atoms with E-state index in [1.807, 2.05) is 30.5 Å². The van der Waals surface area contributed by atoms with E-state index in [0.29, 0.717) is 5.13 Å². The summed E-state index contributed by atoms with van der Waals surface area (Å²) in [6.07, 6.45) is 0.262. The Kier molecular flexibility index (Phi) is 4.97. The minimum atomic E-state index is -0.0952. The molecule has 4 nitrogen and oxygen atoms in total. The molecule has 1 amide bonds. The third kappa shape index (κ3) is 3.83. The molecule has 0 unspecified atom stereocenters. The molecule has 3 rings (SSSR count). The number of aryl methyl sites for hydroxylation is 2. The summed E-state index contributed by atoms with van der Waals surface area (Å²) in [6.45, 7) is 4.06. The summed E-state index contributed by atoms with van der Waals surface area (Å²) in [4.78, 5) is 19.2. The quantitative estimate of drug-likeness (QED) is 0.720. The number of ether oxygens (including phenoxy) is 1. The van der Waals surface area contributed by atoms with Crippen LogP contribution in [-0.4, -0.2) is 18.0 Å². The Morgan fingerprint density at radius 1 is 1.25 bits per heavy atom. The fourth-order valence-corrected chi connectivity index (χ4v) is 4.03. The van der Waals surface area contributed by atoms with Gasteiger partial charge in [0.15, 0.2) is 5.13 Å². The molecule has 0 aliphatic carbocycles. The van der Waals surface area contributed by atoms with Crippen molar-refractivity contribution in [3.63, 3.8) is 0 Å². The van der Waals surface area contributed by atoms with E-state index < -0.39 is 0 Å². The fraction of sp³-hybridized carbons (Fsp3) is 0.222. The van der Waals surface area contributed by atoms with Gasteiger partial charge in [-0.3, -0.25) is 4.79 Å². The molecule has 1 N–H and O–H groups in total. The van der Waals surface area contributed by atoms with Gasteiger partial charge in [-0.1, -0.05) is 17.7 Å². The maximum Gasteiger partial charge on any atom is 0.230 e. The van der Waals surface area contributed by atoms with Crippen LogP contribution in [0.2, 0.25) is 0 Å². The zero-order chi connectivity index (χ0) is 17.1. The molecule has 1 aromatic carbocycles. The number of carbonyl (C=O) groups is 1. The summed E-state index contributed by atoms with van der Waals surface area (Å²) in [5.41, 5.74) is 2.88. The highest BCUT2D eigenvalue weighted by molar-refractivity contribution is 7.17. The predicted octanol–water partition coefficient (Wildman–Crippen LogP) is 4.68. The number of hydrogen-bond acceptors (Lipinski definition) is 5. The van der Waals surface area contributed by atoms with Gasteiger partial charge in [0.1, 0.15) is 5.75 Å². The molecule has 0 spiro atoms. The maximum atomic E-state index is 12.3. The monoisotopic (exact) mass is 358 g/mol. The summed E-state index contributed by atoms with van der Waals surface area (Å²) in [6, 6.07) is 9.95. The van der Waals surface area contributed by atoms with Gasteiger partial charge in [0.05, 0.1) is 24.1 Å². The summed E-state index contributed by atoms with van der Waals surface area (Å²) in [5, 5.41) is 5.46. The number of nitrogens with one attached hydrogen (secondary N) is 1. The van der Waals surface area contributed by atoms with Gasteiger partial charge in [-0.05, 0) is 32.0 Å². The molecule has 2 heterocycles. The lowest BCUT2D eigenvalue weighted by molar-refractivity contribution is -0.115. The van der Waals surface area contributed by atoms with Crippen molar-refractivity contribution in [2.24, 2.45) is 0 Å². The minimum absolute atomic E-state index is 0.0952. The van der Waals surface area contributed by atoms with Gasteiger partial charge in [-0.25, -0.2) is 4.98 Å². The second-order valence-corrected chi connectivity index (χ2v) is 7.63. The number of benzene rings is 1. The largest absolute Gasteiger partial charge is 0.496 e. The van der Waals surface area contributed by atoms with E-state index in [2.05, 4.69) is 29.4 Å². The average Bonchev–Trinajstić information content (AvgIpc) is 3.16. The summed E-state index contributed by atoms with van der Waals surface area (Å²) in [5.74, 6) is 0.631. The molecule has 3 aromatic rings. The first-order valence-corrected chi connectivity index (χ1v) is 9.20. The number of carbonyl (C=O) groups excluding carboxylic acids is 1. The molecule has 2 aromatic heterocycles. The number of thiazole rings is 1. The van der Waals surface area contributed by atoms with E-state index >= 15 is 0 Å². The Morgan fingerprint density at radius 2 is 2.08 bits per heavy atom. The number of thiophene rings is 1. The van der Waals surface area contributed by atoms with Gasteiger partial charge >= 0.3 is 0 Å². The van der Waals surface area contributed by atoms with Crippen LogP contribution in [0, 0.1) is 13.8 Å². The molecular formula is C18H18N2O2S2. The normalized spacial score (nSPS) is 10.6. The number of aromatic nitrogens is 1. The smallest absolute Gasteiger partial charge is 0.230 e. The van der Waals surface area contributed by atoms with Crippen LogP contribution in [0.15, 0.2) is 35.7 Å². The Balaban J connectivity index is 1.69. The van der Waals surface area contributed by atoms with Crippen molar-refractivity contribution in [2.45, 2.75) is 20.3 Å². The van der Waals surface area contributed by atoms with Gasteiger partial charge < -0.3 is 10.1 Å². The second kappa shape index (κ2) is 7.15. The van der Waals surface area contributed by atoms with Crippen LogP contribution in [0.5, 0.6) is 5.75 Å². The fourth-order valence-electron chi connectivity index (χ4n) is 2.40. The van der Waals surface area contributed by atoms with E-state index in [9.17, 15) is 4.79 Å². The molecule has 124 valence electrons. The Hall–Kier alpha value is -2.18. The van der Waals surface area contributed by atoms with Crippen molar-refractivity contribution in [1.82, 2.24) is 4.98 Å². The number of methoxy groups -OCH3 is 1. The van der Waals surface area contributed by atoms with Crippen LogP contribution in [0.4, 0.5) is 5.13 Å². The van der Waals surface area contributed by atoms with Gasteiger partial charge in [-0.2, -0.15) is 0 Å². The SMILES string of the molecule is COc1ccc(C)cc1CC(=O)Nc1nc(-c2ccc(C)s2)cs1. The minimum Gasteiger partial charge on any atom is -0.496 e. The molecule has 6 heteroatoms. The van der Waals surface area contributed by atoms with Crippen molar-refractivity contribution in [3.8, 4) is 16.3 Å². The third-order valence-electron chi connectivity index (χ3n) is 3.53. The van der Waals surface area contributed by atoms with Crippen LogP contribution in [0.25, 0.3) is 10.6 Å². The van der Waals surface area contributed by atoms with Crippen LogP contribution < -0.4 is 10.1 Å². The van der Waals surface area contributed by atoms with Crippen LogP contribution in [0.1, 0.15) is 16.0 Å². The molecular weight excluding hydrogens is 340 g/mol. The molecule has 0 aliphatic rings. The first-order valence-electron chi connectivity index (χ1n) is 7.51. The lowest BCUT2D eigenvalue weighted by Gasteiger charge is -2.09. The van der Waals surface area contributed by atoms with Crippen molar-refractivity contribution in [2.75, 3.05) is 12.4 Å². The van der Waals surface area contributed by atoms with Crippen LogP contribution in [-0.2, 0) is 11.2 Å². The second-order valence-electron chi connectivity index (χ2n) is 5.49. The van der Waals surface area contributed by atoms with Crippen molar-refractivity contribution < 1.29 is 9.53 Å². The Labute approximate surface area is 149 Å². The standard InChI is InChI=1S/C18H18N2O2S2/c1-11-4-6-15(22-3)13(8-11)9-17(21)20-18-19-14(10-23-18)16-7-5-12(2)24-16/h4-8,10H,9H2,1-3H3,(H,19,20,21). The van der Waals surface area contributed by atoms with Crippen molar-refractivity contribution in [3.05, 3.63) is 51.7 Å². The number of amides is 1. The van der Waals surface area contributed by atoms with E-state index in [0.717, 1.165) is 27.4 Å². The first-order chi connectivity index (χ1) is 11.5. The summed E-state index contributed by atoms with van der Waals surface area (Å²) >= 11 is 3.14. The van der Waals surface area contributed by atoms with Crippen molar-refractivity contribution in [1.29, 1.82) is 0 Å². The van der Waals surface area contributed by atoms with Gasteiger partial charge in [-0.15, -0.1) is 22.7 Å². The molecule has 0 aliphatic heterocycles. The van der Waals surface area contributed by atoms with Crippen LogP contribution in [0.3, 0.4) is 0 Å². The molecule has 0 saturated carbocycles. The molecule has 0 bridgehead atoms. The van der Waals surface area contributed by atoms with Gasteiger partial charge in [0.2, 0.25) is 5.91 Å². The van der Waals surface area contributed by atoms with Gasteiger partial charge in [0, 0.05) is 15.8 Å². The van der Waals surface area contributed by atoms with Crippen molar-refractivity contribution >= 4 is 33.7 Å². The maximum absolute atomic E-state index is 12.3. The highest BCUT2D eigenvalue weighted by atomic mass is 32.1. The van der Waals surface area contributed by atoms with E-state index in [1.165, 1.54) is 16.2 Å². The lowest BCUT2D eigenvalue weighted by atomic mass is 10.1. The third-order valence-corrected chi connectivity index (χ3v) is 5.31. The predicted molar refractivity (Wildman–Crippen MR) is 100 cm³/mol. The molecule has 0 fully saturated rings. The highest BCUT2D eigenvalue weighted by Gasteiger charge is 2.12. The summed E-state index contributed by atoms with van der Waals surface area (Å²) in [7, 11) is 1.61. The molecule has 0 saturated heterocycles.